The molecule has 0 heterocycles. The van der Waals surface area contributed by atoms with Gasteiger partial charge >= 0.3 is 0 Å². The van der Waals surface area contributed by atoms with E-state index in [4.69, 9.17) is 22.1 Å². The van der Waals surface area contributed by atoms with Crippen LogP contribution in [0.1, 0.15) is 31.9 Å². The van der Waals surface area contributed by atoms with Crippen LogP contribution in [-0.4, -0.2) is 13.2 Å². The minimum atomic E-state index is 0.0984. The van der Waals surface area contributed by atoms with Crippen LogP contribution in [0.5, 0.6) is 5.75 Å². The van der Waals surface area contributed by atoms with Gasteiger partial charge in [0, 0.05) is 0 Å². The fraction of sp³-hybridized carbons (Fsp3) is 0.571. The Bertz CT molecular complexity index is 388. The lowest BCUT2D eigenvalue weighted by Gasteiger charge is -2.24. The van der Waals surface area contributed by atoms with Gasteiger partial charge in [-0.3, -0.25) is 0 Å². The fourth-order valence-corrected chi connectivity index (χ4v) is 1.98. The van der Waals surface area contributed by atoms with Crippen LogP contribution in [0.15, 0.2) is 12.1 Å². The molecule has 1 rings (SSSR count). The van der Waals surface area contributed by atoms with Gasteiger partial charge in [0.25, 0.3) is 0 Å². The van der Waals surface area contributed by atoms with Gasteiger partial charge in [0.05, 0.1) is 11.6 Å². The normalized spacial score (nSPS) is 11.6. The summed E-state index contributed by atoms with van der Waals surface area (Å²) in [6.45, 7) is 9.66. The lowest BCUT2D eigenvalue weighted by Crippen LogP contribution is -2.26. The summed E-state index contributed by atoms with van der Waals surface area (Å²) in [5.74, 6) is 0.765. The van der Waals surface area contributed by atoms with Crippen LogP contribution in [0.4, 0.5) is 0 Å². The van der Waals surface area contributed by atoms with Crippen LogP contribution in [-0.2, 0) is 6.42 Å². The Balaban J connectivity index is 2.99. The predicted octanol–water partition coefficient (Wildman–Crippen LogP) is 3.57. The maximum absolute atomic E-state index is 6.20. The first kappa shape index (κ1) is 14.3. The molecule has 0 fully saturated rings. The Morgan fingerprint density at radius 3 is 2.53 bits per heavy atom. The van der Waals surface area contributed by atoms with Gasteiger partial charge in [-0.2, -0.15) is 0 Å². The summed E-state index contributed by atoms with van der Waals surface area (Å²) in [5.41, 5.74) is 8.31. The molecule has 96 valence electrons. The van der Waals surface area contributed by atoms with Gasteiger partial charge in [0.15, 0.2) is 0 Å². The second kappa shape index (κ2) is 5.74. The molecule has 17 heavy (non-hydrogen) atoms. The highest BCUT2D eigenvalue weighted by molar-refractivity contribution is 6.32. The largest absolute Gasteiger partial charge is 0.492 e. The Labute approximate surface area is 109 Å². The van der Waals surface area contributed by atoms with Crippen molar-refractivity contribution < 1.29 is 4.74 Å². The van der Waals surface area contributed by atoms with Crippen LogP contribution in [0, 0.1) is 12.3 Å². The molecule has 0 aliphatic rings. The number of rotatable bonds is 5. The van der Waals surface area contributed by atoms with Crippen molar-refractivity contribution in [2.24, 2.45) is 11.1 Å². The van der Waals surface area contributed by atoms with E-state index in [2.05, 4.69) is 20.8 Å². The molecule has 0 amide bonds. The fourth-order valence-electron chi connectivity index (χ4n) is 1.74. The molecule has 0 atom stereocenters. The average molecular weight is 256 g/mol. The number of halogens is 1. The molecule has 3 heteroatoms. The van der Waals surface area contributed by atoms with E-state index < -0.39 is 0 Å². The zero-order valence-corrected chi connectivity index (χ0v) is 11.9. The maximum Gasteiger partial charge on any atom is 0.138 e. The molecular weight excluding hydrogens is 234 g/mol. The summed E-state index contributed by atoms with van der Waals surface area (Å²) in [6.07, 6.45) is 0.932. The van der Waals surface area contributed by atoms with Crippen LogP contribution < -0.4 is 10.5 Å². The number of ether oxygens (including phenoxy) is 1. The molecule has 1 aromatic carbocycles. The van der Waals surface area contributed by atoms with Gasteiger partial charge in [-0.05, 0) is 55.5 Å². The van der Waals surface area contributed by atoms with Crippen molar-refractivity contribution in [3.8, 4) is 5.75 Å². The molecule has 0 radical (unpaired) electrons. The van der Waals surface area contributed by atoms with Crippen molar-refractivity contribution >= 4 is 11.6 Å². The summed E-state index contributed by atoms with van der Waals surface area (Å²) < 4.78 is 5.47. The third kappa shape index (κ3) is 3.90. The van der Waals surface area contributed by atoms with E-state index in [1.165, 1.54) is 11.1 Å². The Morgan fingerprint density at radius 1 is 1.35 bits per heavy atom. The first-order chi connectivity index (χ1) is 7.89. The number of hydrogen-bond donors (Lipinski definition) is 1. The second-order valence-corrected chi connectivity index (χ2v) is 5.59. The highest BCUT2D eigenvalue weighted by Crippen LogP contribution is 2.31. The topological polar surface area (TPSA) is 35.2 Å². The summed E-state index contributed by atoms with van der Waals surface area (Å²) >= 11 is 6.20. The first-order valence-electron chi connectivity index (χ1n) is 6.01. The summed E-state index contributed by atoms with van der Waals surface area (Å²) in [4.78, 5) is 0. The average Bonchev–Trinajstić information content (AvgIpc) is 2.25. The van der Waals surface area contributed by atoms with Crippen molar-refractivity contribution in [3.05, 3.63) is 28.3 Å². The van der Waals surface area contributed by atoms with Crippen molar-refractivity contribution in [2.75, 3.05) is 13.2 Å². The highest BCUT2D eigenvalue weighted by atomic mass is 35.5. The monoisotopic (exact) mass is 255 g/mol. The molecule has 0 unspecified atom stereocenters. The third-order valence-corrected chi connectivity index (χ3v) is 3.21. The van der Waals surface area contributed by atoms with E-state index in [0.29, 0.717) is 18.2 Å². The summed E-state index contributed by atoms with van der Waals surface area (Å²) in [5, 5.41) is 0.681. The quantitative estimate of drug-likeness (QED) is 0.873. The Kier molecular flexibility index (Phi) is 4.84. The van der Waals surface area contributed by atoms with Gasteiger partial charge in [-0.15, -0.1) is 0 Å². The number of benzene rings is 1. The van der Waals surface area contributed by atoms with Gasteiger partial charge < -0.3 is 10.5 Å². The molecule has 2 nitrogen and oxygen atoms in total. The first-order valence-corrected chi connectivity index (χ1v) is 6.39. The van der Waals surface area contributed by atoms with E-state index in [0.717, 1.165) is 12.2 Å². The minimum absolute atomic E-state index is 0.0984. The maximum atomic E-state index is 6.20. The minimum Gasteiger partial charge on any atom is -0.492 e. The van der Waals surface area contributed by atoms with E-state index >= 15 is 0 Å². The van der Waals surface area contributed by atoms with Crippen molar-refractivity contribution in [1.29, 1.82) is 0 Å². The van der Waals surface area contributed by atoms with E-state index in [1.807, 2.05) is 19.1 Å². The molecule has 0 bridgehead atoms. The highest BCUT2D eigenvalue weighted by Gasteiger charge is 2.18. The van der Waals surface area contributed by atoms with Crippen LogP contribution in [0.3, 0.4) is 0 Å². The predicted molar refractivity (Wildman–Crippen MR) is 73.9 cm³/mol. The zero-order chi connectivity index (χ0) is 13.1. The molecule has 1 aromatic rings. The van der Waals surface area contributed by atoms with Crippen LogP contribution in [0.2, 0.25) is 5.02 Å². The standard InChI is InChI=1S/C14H22ClNO/c1-5-17-13-6-10(2)11(7-12(13)15)8-14(3,4)9-16/h6-7H,5,8-9,16H2,1-4H3. The van der Waals surface area contributed by atoms with Crippen molar-refractivity contribution in [2.45, 2.75) is 34.1 Å². The molecule has 0 aliphatic heterocycles. The van der Waals surface area contributed by atoms with Gasteiger partial charge in [-0.25, -0.2) is 0 Å². The van der Waals surface area contributed by atoms with E-state index in [9.17, 15) is 0 Å². The third-order valence-electron chi connectivity index (χ3n) is 2.91. The van der Waals surface area contributed by atoms with Crippen molar-refractivity contribution in [1.82, 2.24) is 0 Å². The number of hydrogen-bond acceptors (Lipinski definition) is 2. The smallest absolute Gasteiger partial charge is 0.138 e. The van der Waals surface area contributed by atoms with E-state index in [-0.39, 0.29) is 5.41 Å². The molecule has 0 aliphatic carbocycles. The molecule has 0 spiro atoms. The van der Waals surface area contributed by atoms with Gasteiger partial charge in [0.2, 0.25) is 0 Å². The van der Waals surface area contributed by atoms with Crippen molar-refractivity contribution in [3.63, 3.8) is 0 Å². The summed E-state index contributed by atoms with van der Waals surface area (Å²) in [7, 11) is 0. The molecule has 0 saturated heterocycles. The number of nitrogens with two attached hydrogens (primary N) is 1. The second-order valence-electron chi connectivity index (χ2n) is 5.19. The zero-order valence-electron chi connectivity index (χ0n) is 11.1. The Hall–Kier alpha value is -0.730. The lowest BCUT2D eigenvalue weighted by atomic mass is 9.84. The Morgan fingerprint density at radius 2 is 2.00 bits per heavy atom. The molecule has 0 saturated carbocycles. The van der Waals surface area contributed by atoms with Gasteiger partial charge in [0.1, 0.15) is 5.75 Å². The number of aryl methyl sites for hydroxylation is 1. The summed E-state index contributed by atoms with van der Waals surface area (Å²) in [6, 6.07) is 4.01. The molecular formula is C14H22ClNO. The van der Waals surface area contributed by atoms with Crippen LogP contribution in [0.25, 0.3) is 0 Å². The SMILES string of the molecule is CCOc1cc(C)c(CC(C)(C)CN)cc1Cl. The van der Waals surface area contributed by atoms with Crippen LogP contribution >= 0.6 is 11.6 Å². The lowest BCUT2D eigenvalue weighted by molar-refractivity contribution is 0.339. The van der Waals surface area contributed by atoms with Gasteiger partial charge in [-0.1, -0.05) is 25.4 Å². The molecule has 2 N–H and O–H groups in total. The molecule has 0 aromatic heterocycles. The van der Waals surface area contributed by atoms with E-state index in [1.54, 1.807) is 0 Å².